The molecular weight excluding hydrogens is 406 g/mol. The van der Waals surface area contributed by atoms with Crippen molar-refractivity contribution in [2.75, 3.05) is 5.32 Å². The van der Waals surface area contributed by atoms with Gasteiger partial charge in [-0.25, -0.2) is 24.3 Å². The molecule has 2 aromatic rings. The molecule has 24 heavy (non-hydrogen) atoms. The van der Waals surface area contributed by atoms with Crippen molar-refractivity contribution in [1.82, 2.24) is 19.7 Å². The van der Waals surface area contributed by atoms with Crippen LogP contribution in [0.25, 0.3) is 0 Å². The van der Waals surface area contributed by atoms with E-state index < -0.39 is 27.0 Å². The molecule has 0 spiro atoms. The number of halogens is 1. The molecule has 128 valence electrons. The van der Waals surface area contributed by atoms with Gasteiger partial charge in [0, 0.05) is 11.4 Å². The zero-order valence-electron chi connectivity index (χ0n) is 12.4. The molecule has 0 bridgehead atoms. The molecule has 0 fully saturated rings. The van der Waals surface area contributed by atoms with Crippen LogP contribution in [0.1, 0.15) is 21.9 Å². The summed E-state index contributed by atoms with van der Waals surface area (Å²) in [4.78, 5) is 32.8. The molecule has 0 aliphatic carbocycles. The van der Waals surface area contributed by atoms with Crippen LogP contribution in [0.2, 0.25) is 0 Å². The average Bonchev–Trinajstić information content (AvgIpc) is 2.79. The van der Waals surface area contributed by atoms with Crippen molar-refractivity contribution in [1.29, 1.82) is 0 Å². The number of hydrogen-bond donors (Lipinski definition) is 4. The zero-order valence-corrected chi connectivity index (χ0v) is 14.8. The second-order valence-corrected chi connectivity index (χ2v) is 7.17. The molecular formula is C12H12BrN5O5S. The monoisotopic (exact) mass is 417 g/mol. The highest BCUT2D eigenvalue weighted by Crippen LogP contribution is 2.22. The minimum absolute atomic E-state index is 0.0251. The van der Waals surface area contributed by atoms with E-state index in [0.29, 0.717) is 11.4 Å². The average molecular weight is 418 g/mol. The highest BCUT2D eigenvalue weighted by atomic mass is 79.9. The lowest BCUT2D eigenvalue weighted by Gasteiger charge is -2.08. The number of nitrogens with one attached hydrogen (secondary N) is 3. The molecule has 2 amide bonds. The van der Waals surface area contributed by atoms with E-state index in [2.05, 4.69) is 36.2 Å². The summed E-state index contributed by atoms with van der Waals surface area (Å²) in [6.45, 7) is 3.38. The Morgan fingerprint density at radius 3 is 2.29 bits per heavy atom. The molecule has 4 N–H and O–H groups in total. The minimum Gasteiger partial charge on any atom is -0.477 e. The van der Waals surface area contributed by atoms with Crippen molar-refractivity contribution in [2.45, 2.75) is 18.9 Å². The van der Waals surface area contributed by atoms with Gasteiger partial charge in [-0.05, 0) is 41.9 Å². The fraction of sp³-hybridized carbons (Fsp3) is 0.167. The third-order valence-electron chi connectivity index (χ3n) is 2.67. The number of amides is 2. The topological polar surface area (TPSA) is 154 Å². The van der Waals surface area contributed by atoms with Crippen molar-refractivity contribution in [3.8, 4) is 0 Å². The minimum atomic E-state index is -4.33. The summed E-state index contributed by atoms with van der Waals surface area (Å²) in [7, 11) is -4.33. The number of rotatable bonds is 4. The van der Waals surface area contributed by atoms with Crippen LogP contribution in [0.3, 0.4) is 0 Å². The molecule has 0 aromatic carbocycles. The number of H-pyrrole nitrogens is 1. The molecule has 0 atom stereocenters. The number of hydrogen-bond acceptors (Lipinski definition) is 6. The molecule has 0 saturated heterocycles. The Kier molecular flexibility index (Phi) is 4.89. The maximum absolute atomic E-state index is 12.2. The number of nitrogens with zero attached hydrogens (tertiary/aromatic N) is 2. The second kappa shape index (κ2) is 6.57. The number of carbonyl (C=O) groups is 2. The lowest BCUT2D eigenvalue weighted by Crippen LogP contribution is -2.35. The fourth-order valence-corrected chi connectivity index (χ4v) is 3.73. The van der Waals surface area contributed by atoms with Crippen molar-refractivity contribution < 1.29 is 23.1 Å². The molecule has 0 aliphatic rings. The van der Waals surface area contributed by atoms with Crippen molar-refractivity contribution in [3.63, 3.8) is 0 Å². The van der Waals surface area contributed by atoms with Crippen LogP contribution < -0.4 is 10.0 Å². The maximum Gasteiger partial charge on any atom is 0.352 e. The smallest absolute Gasteiger partial charge is 0.352 e. The number of urea groups is 1. The van der Waals surface area contributed by atoms with E-state index in [0.717, 1.165) is 6.07 Å². The fourth-order valence-electron chi connectivity index (χ4n) is 1.80. The van der Waals surface area contributed by atoms with Gasteiger partial charge in [0.1, 0.15) is 5.69 Å². The summed E-state index contributed by atoms with van der Waals surface area (Å²) < 4.78 is 26.0. The Hall–Kier alpha value is -2.47. The van der Waals surface area contributed by atoms with Crippen molar-refractivity contribution >= 4 is 43.9 Å². The first kappa shape index (κ1) is 17.9. The molecule has 0 unspecified atom stereocenters. The van der Waals surface area contributed by atoms with Crippen LogP contribution in [0, 0.1) is 13.8 Å². The first-order valence-corrected chi connectivity index (χ1v) is 8.64. The van der Waals surface area contributed by atoms with Crippen LogP contribution in [-0.4, -0.2) is 40.5 Å². The number of carboxylic acid groups (broad SMARTS) is 1. The van der Waals surface area contributed by atoms with Gasteiger partial charge < -0.3 is 10.1 Å². The predicted octanol–water partition coefficient (Wildman–Crippen LogP) is 1.39. The lowest BCUT2D eigenvalue weighted by atomic mass is 10.4. The largest absolute Gasteiger partial charge is 0.477 e. The SMILES string of the molecule is Cc1cc(C)nc(NC(=O)NS(=O)(=O)c2[nH]c(C(=O)O)cc2Br)n1. The molecule has 0 saturated carbocycles. The van der Waals surface area contributed by atoms with Gasteiger partial charge in [-0.15, -0.1) is 0 Å². The van der Waals surface area contributed by atoms with E-state index in [-0.39, 0.29) is 16.1 Å². The van der Waals surface area contributed by atoms with E-state index in [1.165, 1.54) is 0 Å². The van der Waals surface area contributed by atoms with Crippen LogP contribution in [0.4, 0.5) is 10.7 Å². The molecule has 2 rings (SSSR count). The third-order valence-corrected chi connectivity index (χ3v) is 4.87. The molecule has 0 radical (unpaired) electrons. The molecule has 2 aromatic heterocycles. The molecule has 10 nitrogen and oxygen atoms in total. The summed E-state index contributed by atoms with van der Waals surface area (Å²) >= 11 is 2.93. The molecule has 0 aliphatic heterocycles. The Labute approximate surface area is 144 Å². The first-order valence-electron chi connectivity index (χ1n) is 6.36. The van der Waals surface area contributed by atoms with E-state index in [1.807, 2.05) is 0 Å². The highest BCUT2D eigenvalue weighted by molar-refractivity contribution is 9.10. The first-order chi connectivity index (χ1) is 11.1. The van der Waals surface area contributed by atoms with Gasteiger partial charge in [-0.1, -0.05) is 0 Å². The van der Waals surface area contributed by atoms with Gasteiger partial charge in [0.15, 0.2) is 5.03 Å². The second-order valence-electron chi connectivity index (χ2n) is 4.70. The Morgan fingerprint density at radius 1 is 1.21 bits per heavy atom. The lowest BCUT2D eigenvalue weighted by molar-refractivity contribution is 0.0690. The number of aromatic amines is 1. The summed E-state index contributed by atoms with van der Waals surface area (Å²) in [5.41, 5.74) is 0.845. The summed E-state index contributed by atoms with van der Waals surface area (Å²) in [6, 6.07) is 1.67. The van der Waals surface area contributed by atoms with E-state index in [1.54, 1.807) is 24.6 Å². The number of sulfonamides is 1. The van der Waals surface area contributed by atoms with E-state index >= 15 is 0 Å². The van der Waals surface area contributed by atoms with Gasteiger partial charge in [0.25, 0.3) is 10.0 Å². The number of anilines is 1. The van der Waals surface area contributed by atoms with Gasteiger partial charge in [-0.3, -0.25) is 5.32 Å². The Balaban J connectivity index is 2.19. The summed E-state index contributed by atoms with van der Waals surface area (Å²) in [5.74, 6) is -1.40. The molecule has 2 heterocycles. The summed E-state index contributed by atoms with van der Waals surface area (Å²) in [6.07, 6.45) is 0. The quantitative estimate of drug-likeness (QED) is 0.585. The van der Waals surface area contributed by atoms with E-state index in [4.69, 9.17) is 5.11 Å². The predicted molar refractivity (Wildman–Crippen MR) is 86.3 cm³/mol. The number of carbonyl (C=O) groups excluding carboxylic acids is 1. The van der Waals surface area contributed by atoms with Crippen molar-refractivity contribution in [2.24, 2.45) is 0 Å². The van der Waals surface area contributed by atoms with Crippen LogP contribution in [-0.2, 0) is 10.0 Å². The number of aryl methyl sites for hydroxylation is 2. The normalized spacial score (nSPS) is 11.1. The van der Waals surface area contributed by atoms with Gasteiger partial charge in [0.2, 0.25) is 5.95 Å². The Morgan fingerprint density at radius 2 is 1.79 bits per heavy atom. The Bertz CT molecular complexity index is 904. The van der Waals surface area contributed by atoms with E-state index in [9.17, 15) is 18.0 Å². The summed E-state index contributed by atoms with van der Waals surface area (Å²) in [5, 5.41) is 10.6. The number of aromatic carboxylic acids is 1. The standard InChI is InChI=1S/C12H12BrN5O5S/c1-5-3-6(2)15-11(14-5)17-12(21)18-24(22,23)9-7(13)4-8(16-9)10(19)20/h3-4,16H,1-2H3,(H,19,20)(H2,14,15,17,18,21). The number of aromatic nitrogens is 3. The van der Waals surface area contributed by atoms with Gasteiger partial charge >= 0.3 is 12.0 Å². The maximum atomic E-state index is 12.2. The van der Waals surface area contributed by atoms with Crippen LogP contribution in [0.15, 0.2) is 21.6 Å². The number of carboxylic acids is 1. The van der Waals surface area contributed by atoms with Crippen LogP contribution in [0.5, 0.6) is 0 Å². The van der Waals surface area contributed by atoms with Crippen molar-refractivity contribution in [3.05, 3.63) is 33.7 Å². The third kappa shape index (κ3) is 4.08. The molecule has 12 heteroatoms. The van der Waals surface area contributed by atoms with Gasteiger partial charge in [0.05, 0.1) is 4.47 Å². The van der Waals surface area contributed by atoms with Crippen LogP contribution >= 0.6 is 15.9 Å². The van der Waals surface area contributed by atoms with Gasteiger partial charge in [-0.2, -0.15) is 8.42 Å². The highest BCUT2D eigenvalue weighted by Gasteiger charge is 2.25. The zero-order chi connectivity index (χ0) is 18.1.